The van der Waals surface area contributed by atoms with Crippen LogP contribution in [-0.4, -0.2) is 38.9 Å². The van der Waals surface area contributed by atoms with Crippen LogP contribution in [0.15, 0.2) is 53.6 Å². The number of sulfonamides is 1. The third kappa shape index (κ3) is 4.82. The molecular weight excluding hydrogens is 394 g/mol. The highest BCUT2D eigenvalue weighted by Gasteiger charge is 2.16. The Morgan fingerprint density at radius 3 is 2.66 bits per heavy atom. The number of benzene rings is 2. The van der Waals surface area contributed by atoms with Crippen molar-refractivity contribution in [2.24, 2.45) is 0 Å². The van der Waals surface area contributed by atoms with Crippen LogP contribution in [0.2, 0.25) is 0 Å². The molecule has 1 aromatic heterocycles. The second kappa shape index (κ2) is 8.46. The van der Waals surface area contributed by atoms with Gasteiger partial charge in [-0.2, -0.15) is 0 Å². The summed E-state index contributed by atoms with van der Waals surface area (Å²) in [4.78, 5) is 27.3. The van der Waals surface area contributed by atoms with Crippen LogP contribution in [0.3, 0.4) is 0 Å². The number of rotatable bonds is 7. The number of fused-ring (bicyclic) bond motifs is 1. The molecule has 0 spiro atoms. The van der Waals surface area contributed by atoms with Gasteiger partial charge in [-0.05, 0) is 43.3 Å². The minimum atomic E-state index is -3.65. The predicted octanol–water partition coefficient (Wildman–Crippen LogP) is 2.11. The molecule has 0 aliphatic rings. The standard InChI is InChI=1S/C20H21N3O5S/c1-13-7-8-15(10-18(13)29(26,27)21-2)23-19(24)12-28-20(25)9-14-11-22-17-6-4-3-5-16(14)17/h3-8,10-11,21-22H,9,12H2,1-2H3,(H,23,24). The van der Waals surface area contributed by atoms with E-state index < -0.39 is 28.5 Å². The van der Waals surface area contributed by atoms with E-state index in [-0.39, 0.29) is 11.3 Å². The summed E-state index contributed by atoms with van der Waals surface area (Å²) in [6, 6.07) is 12.1. The van der Waals surface area contributed by atoms with Crippen molar-refractivity contribution in [1.82, 2.24) is 9.71 Å². The van der Waals surface area contributed by atoms with Crippen molar-refractivity contribution in [2.75, 3.05) is 19.0 Å². The number of carbonyl (C=O) groups is 2. The summed E-state index contributed by atoms with van der Waals surface area (Å²) < 4.78 is 31.3. The van der Waals surface area contributed by atoms with E-state index in [2.05, 4.69) is 15.0 Å². The Kier molecular flexibility index (Phi) is 6.00. The number of H-pyrrole nitrogens is 1. The van der Waals surface area contributed by atoms with Crippen molar-refractivity contribution in [3.05, 3.63) is 59.8 Å². The van der Waals surface area contributed by atoms with Crippen molar-refractivity contribution in [1.29, 1.82) is 0 Å². The van der Waals surface area contributed by atoms with Gasteiger partial charge < -0.3 is 15.0 Å². The molecule has 0 fully saturated rings. The van der Waals surface area contributed by atoms with Gasteiger partial charge in [-0.15, -0.1) is 0 Å². The molecule has 0 aliphatic heterocycles. The van der Waals surface area contributed by atoms with Gasteiger partial charge in [-0.3, -0.25) is 9.59 Å². The van der Waals surface area contributed by atoms with Crippen molar-refractivity contribution >= 4 is 38.5 Å². The lowest BCUT2D eigenvalue weighted by Crippen LogP contribution is -2.23. The molecule has 3 rings (SSSR count). The first-order chi connectivity index (χ1) is 13.8. The van der Waals surface area contributed by atoms with Gasteiger partial charge in [0, 0.05) is 22.8 Å². The zero-order chi connectivity index (χ0) is 21.0. The Hall–Kier alpha value is -3.17. The first kappa shape index (κ1) is 20.6. The topological polar surface area (TPSA) is 117 Å². The van der Waals surface area contributed by atoms with Gasteiger partial charge >= 0.3 is 5.97 Å². The largest absolute Gasteiger partial charge is 0.455 e. The van der Waals surface area contributed by atoms with Crippen molar-refractivity contribution in [2.45, 2.75) is 18.2 Å². The van der Waals surface area contributed by atoms with E-state index in [9.17, 15) is 18.0 Å². The van der Waals surface area contributed by atoms with E-state index in [1.807, 2.05) is 24.3 Å². The van der Waals surface area contributed by atoms with Crippen LogP contribution >= 0.6 is 0 Å². The minimum Gasteiger partial charge on any atom is -0.455 e. The van der Waals surface area contributed by atoms with Crippen molar-refractivity contribution in [3.8, 4) is 0 Å². The highest BCUT2D eigenvalue weighted by Crippen LogP contribution is 2.20. The Labute approximate surface area is 168 Å². The maximum Gasteiger partial charge on any atom is 0.310 e. The molecule has 1 amide bonds. The van der Waals surface area contributed by atoms with E-state index in [1.165, 1.54) is 13.1 Å². The molecule has 0 atom stereocenters. The average Bonchev–Trinajstić information content (AvgIpc) is 3.10. The molecule has 2 aromatic carbocycles. The molecule has 8 nitrogen and oxygen atoms in total. The molecule has 0 unspecified atom stereocenters. The van der Waals surface area contributed by atoms with Crippen LogP contribution in [0.5, 0.6) is 0 Å². The molecule has 29 heavy (non-hydrogen) atoms. The minimum absolute atomic E-state index is 0.0341. The maximum atomic E-state index is 12.1. The normalized spacial score (nSPS) is 11.4. The van der Waals surface area contributed by atoms with E-state index in [4.69, 9.17) is 4.74 Å². The molecule has 0 saturated carbocycles. The van der Waals surface area contributed by atoms with Crippen LogP contribution in [0.25, 0.3) is 10.9 Å². The second-order valence-corrected chi connectivity index (χ2v) is 8.29. The quantitative estimate of drug-likeness (QED) is 0.511. The molecular formula is C20H21N3O5S. The molecule has 152 valence electrons. The monoisotopic (exact) mass is 415 g/mol. The number of aromatic amines is 1. The second-order valence-electron chi connectivity index (χ2n) is 6.43. The van der Waals surface area contributed by atoms with Gasteiger partial charge in [-0.1, -0.05) is 24.3 Å². The summed E-state index contributed by atoms with van der Waals surface area (Å²) in [5.41, 5.74) is 2.54. The first-order valence-corrected chi connectivity index (χ1v) is 10.3. The molecule has 9 heteroatoms. The van der Waals surface area contributed by atoms with E-state index in [1.54, 1.807) is 25.3 Å². The Bertz CT molecular complexity index is 1170. The first-order valence-electron chi connectivity index (χ1n) is 8.85. The smallest absolute Gasteiger partial charge is 0.310 e. The Morgan fingerprint density at radius 2 is 1.90 bits per heavy atom. The highest BCUT2D eigenvalue weighted by molar-refractivity contribution is 7.89. The zero-order valence-electron chi connectivity index (χ0n) is 16.0. The molecule has 3 aromatic rings. The summed E-state index contributed by atoms with van der Waals surface area (Å²) in [5.74, 6) is -1.10. The van der Waals surface area contributed by atoms with E-state index in [0.29, 0.717) is 11.3 Å². The number of esters is 1. The molecule has 0 saturated heterocycles. The average molecular weight is 415 g/mol. The van der Waals surface area contributed by atoms with E-state index >= 15 is 0 Å². The van der Waals surface area contributed by atoms with Crippen LogP contribution in [0.4, 0.5) is 5.69 Å². The number of amides is 1. The summed E-state index contributed by atoms with van der Waals surface area (Å²) in [6.45, 7) is 1.19. The highest BCUT2D eigenvalue weighted by atomic mass is 32.2. The fourth-order valence-corrected chi connectivity index (χ4v) is 3.90. The maximum absolute atomic E-state index is 12.1. The summed E-state index contributed by atoms with van der Waals surface area (Å²) in [7, 11) is -2.34. The molecule has 0 radical (unpaired) electrons. The third-order valence-electron chi connectivity index (χ3n) is 4.40. The number of aryl methyl sites for hydroxylation is 1. The van der Waals surface area contributed by atoms with Gasteiger partial charge in [0.2, 0.25) is 10.0 Å². The Morgan fingerprint density at radius 1 is 1.14 bits per heavy atom. The molecule has 0 aliphatic carbocycles. The lowest BCUT2D eigenvalue weighted by atomic mass is 10.1. The van der Waals surface area contributed by atoms with Crippen molar-refractivity contribution in [3.63, 3.8) is 0 Å². The lowest BCUT2D eigenvalue weighted by molar-refractivity contribution is -0.146. The lowest BCUT2D eigenvalue weighted by Gasteiger charge is -2.10. The van der Waals surface area contributed by atoms with Crippen LogP contribution in [0.1, 0.15) is 11.1 Å². The van der Waals surface area contributed by atoms with Crippen molar-refractivity contribution < 1.29 is 22.7 Å². The number of anilines is 1. The van der Waals surface area contributed by atoms with Crippen LogP contribution in [0, 0.1) is 6.92 Å². The number of carbonyl (C=O) groups excluding carboxylic acids is 2. The van der Waals surface area contributed by atoms with Gasteiger partial charge in [0.1, 0.15) is 0 Å². The van der Waals surface area contributed by atoms with E-state index in [0.717, 1.165) is 16.5 Å². The predicted molar refractivity (Wildman–Crippen MR) is 109 cm³/mol. The third-order valence-corrected chi connectivity index (χ3v) is 5.96. The number of para-hydroxylation sites is 1. The number of aromatic nitrogens is 1. The summed E-state index contributed by atoms with van der Waals surface area (Å²) >= 11 is 0. The number of hydrogen-bond acceptors (Lipinski definition) is 5. The number of nitrogens with one attached hydrogen (secondary N) is 3. The van der Waals surface area contributed by atoms with Crippen LogP contribution in [-0.2, 0) is 30.8 Å². The van der Waals surface area contributed by atoms with Gasteiger partial charge in [0.05, 0.1) is 11.3 Å². The van der Waals surface area contributed by atoms with Gasteiger partial charge in [-0.25, -0.2) is 13.1 Å². The summed E-state index contributed by atoms with van der Waals surface area (Å²) in [6.07, 6.45) is 1.77. The SMILES string of the molecule is CNS(=O)(=O)c1cc(NC(=O)COC(=O)Cc2c[nH]c3ccccc23)ccc1C. The summed E-state index contributed by atoms with van der Waals surface area (Å²) in [5, 5.41) is 3.46. The fraction of sp³-hybridized carbons (Fsp3) is 0.200. The zero-order valence-corrected chi connectivity index (χ0v) is 16.8. The van der Waals surface area contributed by atoms with Gasteiger partial charge in [0.15, 0.2) is 6.61 Å². The molecule has 3 N–H and O–H groups in total. The number of hydrogen-bond donors (Lipinski definition) is 3. The Balaban J connectivity index is 1.59. The molecule has 0 bridgehead atoms. The molecule has 1 heterocycles. The van der Waals surface area contributed by atoms with Crippen LogP contribution < -0.4 is 10.0 Å². The van der Waals surface area contributed by atoms with Gasteiger partial charge in [0.25, 0.3) is 5.91 Å². The number of ether oxygens (including phenoxy) is 1. The fourth-order valence-electron chi connectivity index (χ4n) is 2.90.